The number of amides is 2. The molecule has 0 aromatic heterocycles. The number of hydrogen-bond donors (Lipinski definition) is 3. The van der Waals surface area contributed by atoms with Gasteiger partial charge < -0.3 is 15.7 Å². The Balaban J connectivity index is 2.47. The number of carbonyl (C=O) groups excluding carboxylic acids is 2. The van der Waals surface area contributed by atoms with Crippen LogP contribution in [0.1, 0.15) is 30.1 Å². The smallest absolute Gasteiger partial charge is 0.305 e. The van der Waals surface area contributed by atoms with Gasteiger partial charge in [0.2, 0.25) is 5.91 Å². The standard InChI is InChI=1S/C14H17FN2O4/c1-2-9(7-13(19)20)17-12(18)8-16-14(21)10-5-3-4-6-11(10)15/h3-6,9H,2,7-8H2,1H3,(H,16,21)(H,17,18)(H,19,20). The first-order valence-corrected chi connectivity index (χ1v) is 6.48. The molecule has 7 heteroatoms. The number of carboxylic acid groups (broad SMARTS) is 1. The van der Waals surface area contributed by atoms with E-state index < -0.39 is 29.6 Å². The van der Waals surface area contributed by atoms with Crippen molar-refractivity contribution in [1.29, 1.82) is 0 Å². The van der Waals surface area contributed by atoms with Crippen LogP contribution in [0.15, 0.2) is 24.3 Å². The van der Waals surface area contributed by atoms with Crippen LogP contribution in [-0.4, -0.2) is 35.5 Å². The number of nitrogens with one attached hydrogen (secondary N) is 2. The first-order chi connectivity index (χ1) is 9.93. The van der Waals surface area contributed by atoms with Gasteiger partial charge in [0.25, 0.3) is 5.91 Å². The Morgan fingerprint density at radius 1 is 1.29 bits per heavy atom. The van der Waals surface area contributed by atoms with Crippen molar-refractivity contribution in [1.82, 2.24) is 10.6 Å². The minimum atomic E-state index is -1.02. The molecule has 0 bridgehead atoms. The van der Waals surface area contributed by atoms with E-state index in [4.69, 9.17) is 5.11 Å². The lowest BCUT2D eigenvalue weighted by molar-refractivity contribution is -0.137. The zero-order valence-corrected chi connectivity index (χ0v) is 11.6. The number of halogens is 1. The third-order valence-electron chi connectivity index (χ3n) is 2.81. The number of rotatable bonds is 7. The predicted octanol–water partition coefficient (Wildman–Crippen LogP) is 0.925. The van der Waals surface area contributed by atoms with E-state index >= 15 is 0 Å². The van der Waals surface area contributed by atoms with Crippen LogP contribution < -0.4 is 10.6 Å². The molecule has 3 N–H and O–H groups in total. The van der Waals surface area contributed by atoms with E-state index in [1.807, 2.05) is 0 Å². The normalized spacial score (nSPS) is 11.5. The van der Waals surface area contributed by atoms with E-state index in [-0.39, 0.29) is 18.5 Å². The Bertz CT molecular complexity index is 533. The second-order valence-corrected chi connectivity index (χ2v) is 4.43. The molecule has 0 heterocycles. The highest BCUT2D eigenvalue weighted by Gasteiger charge is 2.16. The fourth-order valence-corrected chi connectivity index (χ4v) is 1.69. The highest BCUT2D eigenvalue weighted by atomic mass is 19.1. The van der Waals surface area contributed by atoms with E-state index in [2.05, 4.69) is 10.6 Å². The minimum Gasteiger partial charge on any atom is -0.481 e. The van der Waals surface area contributed by atoms with Crippen molar-refractivity contribution in [2.24, 2.45) is 0 Å². The fraction of sp³-hybridized carbons (Fsp3) is 0.357. The van der Waals surface area contributed by atoms with Crippen molar-refractivity contribution in [3.05, 3.63) is 35.6 Å². The lowest BCUT2D eigenvalue weighted by Gasteiger charge is -2.15. The van der Waals surface area contributed by atoms with E-state index in [0.29, 0.717) is 6.42 Å². The predicted molar refractivity (Wildman–Crippen MR) is 73.2 cm³/mol. The van der Waals surface area contributed by atoms with Gasteiger partial charge in [-0.1, -0.05) is 19.1 Å². The quantitative estimate of drug-likeness (QED) is 0.697. The monoisotopic (exact) mass is 296 g/mol. The summed E-state index contributed by atoms with van der Waals surface area (Å²) in [5, 5.41) is 13.4. The van der Waals surface area contributed by atoms with Crippen LogP contribution >= 0.6 is 0 Å². The Hall–Kier alpha value is -2.44. The number of hydrogen-bond acceptors (Lipinski definition) is 3. The van der Waals surface area contributed by atoms with Gasteiger partial charge in [-0.25, -0.2) is 4.39 Å². The Morgan fingerprint density at radius 3 is 2.52 bits per heavy atom. The number of carboxylic acids is 1. The summed E-state index contributed by atoms with van der Waals surface area (Å²) in [7, 11) is 0. The molecule has 0 aliphatic rings. The van der Waals surface area contributed by atoms with Gasteiger partial charge in [-0.05, 0) is 18.6 Å². The van der Waals surface area contributed by atoms with E-state index in [1.54, 1.807) is 6.92 Å². The zero-order chi connectivity index (χ0) is 15.8. The fourth-order valence-electron chi connectivity index (χ4n) is 1.69. The van der Waals surface area contributed by atoms with Gasteiger partial charge in [-0.3, -0.25) is 14.4 Å². The van der Waals surface area contributed by atoms with Crippen molar-refractivity contribution in [3.8, 4) is 0 Å². The summed E-state index contributed by atoms with van der Waals surface area (Å²) in [6.07, 6.45) is 0.267. The van der Waals surface area contributed by atoms with Crippen molar-refractivity contribution in [3.63, 3.8) is 0 Å². The molecule has 6 nitrogen and oxygen atoms in total. The molecule has 21 heavy (non-hydrogen) atoms. The number of aliphatic carboxylic acids is 1. The van der Waals surface area contributed by atoms with Gasteiger partial charge in [-0.2, -0.15) is 0 Å². The molecule has 1 rings (SSSR count). The van der Waals surface area contributed by atoms with Crippen LogP contribution in [0.25, 0.3) is 0 Å². The van der Waals surface area contributed by atoms with Crippen molar-refractivity contribution in [2.45, 2.75) is 25.8 Å². The van der Waals surface area contributed by atoms with Gasteiger partial charge in [0.05, 0.1) is 18.5 Å². The molecule has 1 aromatic rings. The van der Waals surface area contributed by atoms with Crippen molar-refractivity contribution >= 4 is 17.8 Å². The maximum atomic E-state index is 13.3. The second kappa shape index (κ2) is 7.98. The first-order valence-electron chi connectivity index (χ1n) is 6.48. The lowest BCUT2D eigenvalue weighted by Crippen LogP contribution is -2.42. The van der Waals surface area contributed by atoms with Crippen LogP contribution in [0.2, 0.25) is 0 Å². The SMILES string of the molecule is CCC(CC(=O)O)NC(=O)CNC(=O)c1ccccc1F. The summed E-state index contributed by atoms with van der Waals surface area (Å²) in [4.78, 5) is 33.9. The summed E-state index contributed by atoms with van der Waals surface area (Å²) in [5.74, 6) is -2.91. The molecule has 0 fully saturated rings. The highest BCUT2D eigenvalue weighted by molar-refractivity contribution is 5.96. The molecule has 1 aromatic carbocycles. The third-order valence-corrected chi connectivity index (χ3v) is 2.81. The molecule has 0 radical (unpaired) electrons. The molecule has 0 aliphatic carbocycles. The minimum absolute atomic E-state index is 0.150. The summed E-state index contributed by atoms with van der Waals surface area (Å²) in [5.41, 5.74) is -0.150. The Labute approximate surface area is 121 Å². The molecular weight excluding hydrogens is 279 g/mol. The lowest BCUT2D eigenvalue weighted by atomic mass is 10.1. The van der Waals surface area contributed by atoms with Crippen molar-refractivity contribution < 1.29 is 23.9 Å². The topological polar surface area (TPSA) is 95.5 Å². The summed E-state index contributed by atoms with van der Waals surface area (Å²) < 4.78 is 13.3. The molecule has 1 unspecified atom stereocenters. The van der Waals surface area contributed by atoms with E-state index in [0.717, 1.165) is 6.07 Å². The molecule has 0 saturated heterocycles. The second-order valence-electron chi connectivity index (χ2n) is 4.43. The third kappa shape index (κ3) is 5.60. The largest absolute Gasteiger partial charge is 0.481 e. The van der Waals surface area contributed by atoms with Crippen molar-refractivity contribution in [2.75, 3.05) is 6.54 Å². The molecule has 1 atom stereocenters. The van der Waals surface area contributed by atoms with Crippen LogP contribution in [0.5, 0.6) is 0 Å². The first kappa shape index (κ1) is 16.6. The maximum absolute atomic E-state index is 13.3. The molecule has 0 saturated carbocycles. The van der Waals surface area contributed by atoms with Gasteiger partial charge in [0.1, 0.15) is 5.82 Å². The van der Waals surface area contributed by atoms with Crippen LogP contribution in [0.3, 0.4) is 0 Å². The molecule has 0 spiro atoms. The molecule has 2 amide bonds. The van der Waals surface area contributed by atoms with Gasteiger partial charge in [-0.15, -0.1) is 0 Å². The highest BCUT2D eigenvalue weighted by Crippen LogP contribution is 2.05. The van der Waals surface area contributed by atoms with Crippen LogP contribution in [0.4, 0.5) is 4.39 Å². The molecule has 114 valence electrons. The number of carbonyl (C=O) groups is 3. The summed E-state index contributed by atoms with van der Waals surface area (Å²) in [6.45, 7) is 1.40. The van der Waals surface area contributed by atoms with Gasteiger partial charge in [0.15, 0.2) is 0 Å². The van der Waals surface area contributed by atoms with E-state index in [1.165, 1.54) is 18.2 Å². The summed E-state index contributed by atoms with van der Waals surface area (Å²) in [6, 6.07) is 4.92. The summed E-state index contributed by atoms with van der Waals surface area (Å²) >= 11 is 0. The Morgan fingerprint density at radius 2 is 1.95 bits per heavy atom. The maximum Gasteiger partial charge on any atom is 0.305 e. The Kier molecular flexibility index (Phi) is 6.32. The molecule has 0 aliphatic heterocycles. The average molecular weight is 296 g/mol. The van der Waals surface area contributed by atoms with Crippen LogP contribution in [-0.2, 0) is 9.59 Å². The van der Waals surface area contributed by atoms with E-state index in [9.17, 15) is 18.8 Å². The van der Waals surface area contributed by atoms with Gasteiger partial charge in [0, 0.05) is 6.04 Å². The molecular formula is C14H17FN2O4. The van der Waals surface area contributed by atoms with Gasteiger partial charge >= 0.3 is 5.97 Å². The van der Waals surface area contributed by atoms with Crippen LogP contribution in [0, 0.1) is 5.82 Å². The zero-order valence-electron chi connectivity index (χ0n) is 11.6. The average Bonchev–Trinajstić information content (AvgIpc) is 2.44. The number of benzene rings is 1.